The van der Waals surface area contributed by atoms with Crippen molar-refractivity contribution in [3.63, 3.8) is 0 Å². The minimum atomic E-state index is -0.535. The fourth-order valence-electron chi connectivity index (χ4n) is 1.95. The maximum absolute atomic E-state index is 12.2. The molecule has 2 aromatic heterocycles. The predicted molar refractivity (Wildman–Crippen MR) is 70.3 cm³/mol. The van der Waals surface area contributed by atoms with E-state index in [9.17, 15) is 14.4 Å². The third kappa shape index (κ3) is 2.12. The number of nitrogens with zero attached hydrogens (tertiary/aromatic N) is 3. The third-order valence-electron chi connectivity index (χ3n) is 2.72. The molecule has 0 saturated carbocycles. The Morgan fingerprint density at radius 2 is 1.89 bits per heavy atom. The van der Waals surface area contributed by atoms with Crippen molar-refractivity contribution in [3.05, 3.63) is 40.3 Å². The summed E-state index contributed by atoms with van der Waals surface area (Å²) < 4.78 is 1.02. The largest absolute Gasteiger partial charge is 0.274 e. The number of rotatable bonds is 1. The average molecular weight is 259 g/mol. The molecule has 6 heteroatoms. The number of hydrogen-bond donors (Lipinski definition) is 0. The molecule has 0 spiro atoms. The minimum Gasteiger partial charge on any atom is -0.273 e. The monoisotopic (exact) mass is 259 g/mol. The maximum Gasteiger partial charge on any atom is 0.274 e. The summed E-state index contributed by atoms with van der Waals surface area (Å²) in [5.41, 5.74) is 0.285. The second-order valence-electron chi connectivity index (χ2n) is 4.21. The zero-order valence-corrected chi connectivity index (χ0v) is 10.9. The molecule has 6 nitrogen and oxygen atoms in total. The van der Waals surface area contributed by atoms with E-state index in [2.05, 4.69) is 4.98 Å². The first-order valence-electron chi connectivity index (χ1n) is 5.72. The van der Waals surface area contributed by atoms with Crippen LogP contribution in [0.2, 0.25) is 0 Å². The molecule has 0 aromatic carbocycles. The van der Waals surface area contributed by atoms with Crippen LogP contribution in [0.3, 0.4) is 0 Å². The van der Waals surface area contributed by atoms with Crippen molar-refractivity contribution in [1.29, 1.82) is 0 Å². The van der Waals surface area contributed by atoms with Crippen LogP contribution in [0, 0.1) is 6.92 Å². The fraction of sp³-hybridized carbons (Fsp3) is 0.231. The first kappa shape index (κ1) is 12.9. The molecule has 98 valence electrons. The van der Waals surface area contributed by atoms with Gasteiger partial charge in [-0.3, -0.25) is 14.4 Å². The minimum absolute atomic E-state index is 0.281. The van der Waals surface area contributed by atoms with Gasteiger partial charge in [0.05, 0.1) is 0 Å². The quantitative estimate of drug-likeness (QED) is 0.757. The Morgan fingerprint density at radius 3 is 2.47 bits per heavy atom. The summed E-state index contributed by atoms with van der Waals surface area (Å²) in [5, 5.41) is 1.48. The smallest absolute Gasteiger partial charge is 0.273 e. The SMILES string of the molecule is CC(=O)N(C(C)=O)n1c(=O)c(C)cc2cccnc21. The van der Waals surface area contributed by atoms with Crippen molar-refractivity contribution < 1.29 is 9.59 Å². The zero-order valence-electron chi connectivity index (χ0n) is 10.9. The normalized spacial score (nSPS) is 10.5. The Balaban J connectivity index is 2.91. The van der Waals surface area contributed by atoms with Gasteiger partial charge in [-0.1, -0.05) is 0 Å². The molecule has 0 fully saturated rings. The first-order valence-corrected chi connectivity index (χ1v) is 5.72. The standard InChI is InChI=1S/C13H13N3O3/c1-8-7-11-5-4-6-14-12(11)16(13(8)19)15(9(2)17)10(3)18/h4-7H,1-3H3. The van der Waals surface area contributed by atoms with Gasteiger partial charge in [0.25, 0.3) is 5.56 Å². The van der Waals surface area contributed by atoms with E-state index in [-0.39, 0.29) is 5.65 Å². The van der Waals surface area contributed by atoms with Gasteiger partial charge in [-0.15, -0.1) is 0 Å². The van der Waals surface area contributed by atoms with Crippen LogP contribution in [-0.2, 0) is 9.59 Å². The van der Waals surface area contributed by atoms with E-state index < -0.39 is 17.4 Å². The van der Waals surface area contributed by atoms with Crippen LogP contribution in [0.1, 0.15) is 19.4 Å². The molecule has 19 heavy (non-hydrogen) atoms. The second kappa shape index (κ2) is 4.64. The van der Waals surface area contributed by atoms with Gasteiger partial charge in [0.15, 0.2) is 5.65 Å². The highest BCUT2D eigenvalue weighted by atomic mass is 16.2. The van der Waals surface area contributed by atoms with Crippen LogP contribution in [0.15, 0.2) is 29.2 Å². The molecule has 0 saturated heterocycles. The van der Waals surface area contributed by atoms with Crippen LogP contribution < -0.4 is 10.6 Å². The number of fused-ring (bicyclic) bond motifs is 1. The molecule has 0 bridgehead atoms. The molecule has 2 heterocycles. The van der Waals surface area contributed by atoms with Crippen LogP contribution >= 0.6 is 0 Å². The van der Waals surface area contributed by atoms with E-state index in [0.29, 0.717) is 10.9 Å². The van der Waals surface area contributed by atoms with Crippen LogP contribution in [0.5, 0.6) is 0 Å². The Hall–Kier alpha value is -2.50. The lowest BCUT2D eigenvalue weighted by molar-refractivity contribution is -0.126. The third-order valence-corrected chi connectivity index (χ3v) is 2.72. The molecule has 0 radical (unpaired) electrons. The number of carbonyl (C=O) groups excluding carboxylic acids is 2. The summed E-state index contributed by atoms with van der Waals surface area (Å²) in [4.78, 5) is 39.5. The molecular weight excluding hydrogens is 246 g/mol. The fourth-order valence-corrected chi connectivity index (χ4v) is 1.95. The van der Waals surface area contributed by atoms with Crippen molar-refractivity contribution in [2.45, 2.75) is 20.8 Å². The Kier molecular flexibility index (Phi) is 3.16. The highest BCUT2D eigenvalue weighted by Crippen LogP contribution is 2.11. The number of aromatic nitrogens is 2. The van der Waals surface area contributed by atoms with Gasteiger partial charge in [0.2, 0.25) is 11.8 Å². The van der Waals surface area contributed by atoms with Gasteiger partial charge in [-0.2, -0.15) is 9.69 Å². The molecule has 0 unspecified atom stereocenters. The molecule has 0 N–H and O–H groups in total. The van der Waals surface area contributed by atoms with Gasteiger partial charge in [0, 0.05) is 31.0 Å². The lowest BCUT2D eigenvalue weighted by atomic mass is 10.2. The topological polar surface area (TPSA) is 72.3 Å². The maximum atomic E-state index is 12.2. The Morgan fingerprint density at radius 1 is 1.26 bits per heavy atom. The second-order valence-corrected chi connectivity index (χ2v) is 4.21. The summed E-state index contributed by atoms with van der Waals surface area (Å²) >= 11 is 0. The van der Waals surface area contributed by atoms with E-state index in [1.807, 2.05) is 0 Å². The summed E-state index contributed by atoms with van der Waals surface area (Å²) in [6.07, 6.45) is 1.51. The summed E-state index contributed by atoms with van der Waals surface area (Å²) in [6.45, 7) is 4.08. The van der Waals surface area contributed by atoms with E-state index in [4.69, 9.17) is 0 Å². The van der Waals surface area contributed by atoms with Crippen molar-refractivity contribution in [3.8, 4) is 0 Å². The van der Waals surface area contributed by atoms with Crippen LogP contribution in [0.4, 0.5) is 0 Å². The van der Waals surface area contributed by atoms with Gasteiger partial charge in [-0.05, 0) is 25.1 Å². The van der Waals surface area contributed by atoms with E-state index in [0.717, 1.165) is 9.69 Å². The first-order chi connectivity index (χ1) is 8.93. The lowest BCUT2D eigenvalue weighted by Gasteiger charge is -2.21. The van der Waals surface area contributed by atoms with Crippen LogP contribution in [-0.4, -0.2) is 21.5 Å². The van der Waals surface area contributed by atoms with Gasteiger partial charge >= 0.3 is 0 Å². The highest BCUT2D eigenvalue weighted by molar-refractivity contribution is 6.07. The molecule has 0 aliphatic carbocycles. The van der Waals surface area contributed by atoms with Crippen LogP contribution in [0.25, 0.3) is 11.0 Å². The number of amides is 2. The Bertz CT molecular complexity index is 719. The Labute approximate surface area is 109 Å². The van der Waals surface area contributed by atoms with Gasteiger partial charge < -0.3 is 0 Å². The van der Waals surface area contributed by atoms with Crippen molar-refractivity contribution >= 4 is 22.8 Å². The van der Waals surface area contributed by atoms with Crippen molar-refractivity contribution in [1.82, 2.24) is 9.66 Å². The number of carbonyl (C=O) groups is 2. The molecular formula is C13H13N3O3. The average Bonchev–Trinajstić information content (AvgIpc) is 2.33. The molecule has 2 rings (SSSR count). The van der Waals surface area contributed by atoms with E-state index in [1.165, 1.54) is 20.0 Å². The lowest BCUT2D eigenvalue weighted by Crippen LogP contribution is -2.49. The van der Waals surface area contributed by atoms with E-state index in [1.54, 1.807) is 25.1 Å². The summed E-state index contributed by atoms with van der Waals surface area (Å²) in [5.74, 6) is -1.07. The zero-order chi connectivity index (χ0) is 14.2. The van der Waals surface area contributed by atoms with Gasteiger partial charge in [0.1, 0.15) is 0 Å². The summed E-state index contributed by atoms with van der Waals surface area (Å²) in [7, 11) is 0. The molecule has 2 aromatic rings. The number of aryl methyl sites for hydroxylation is 1. The van der Waals surface area contributed by atoms with Crippen molar-refractivity contribution in [2.24, 2.45) is 0 Å². The molecule has 0 aliphatic heterocycles. The van der Waals surface area contributed by atoms with Gasteiger partial charge in [-0.25, -0.2) is 4.98 Å². The van der Waals surface area contributed by atoms with Crippen molar-refractivity contribution in [2.75, 3.05) is 5.01 Å². The number of pyridine rings is 2. The molecule has 0 aliphatic rings. The summed E-state index contributed by atoms with van der Waals surface area (Å²) in [6, 6.07) is 5.17. The molecule has 0 atom stereocenters. The predicted octanol–water partition coefficient (Wildman–Crippen LogP) is 0.736. The number of hydrogen-bond acceptors (Lipinski definition) is 4. The van der Waals surface area contributed by atoms with E-state index >= 15 is 0 Å². The molecule has 2 amide bonds. The number of imide groups is 1. The highest BCUT2D eigenvalue weighted by Gasteiger charge is 2.21.